The number of rotatable bonds is 5. The zero-order valence-corrected chi connectivity index (χ0v) is 11.4. The van der Waals surface area contributed by atoms with Crippen molar-refractivity contribution in [1.29, 1.82) is 0 Å². The molecule has 4 nitrogen and oxygen atoms in total. The van der Waals surface area contributed by atoms with Crippen LogP contribution in [0.15, 0.2) is 24.3 Å². The number of aromatic carboxylic acids is 1. The quantitative estimate of drug-likeness (QED) is 0.851. The van der Waals surface area contributed by atoms with E-state index in [-0.39, 0.29) is 0 Å². The van der Waals surface area contributed by atoms with Crippen LogP contribution in [0.25, 0.3) is 0 Å². The van der Waals surface area contributed by atoms with E-state index in [2.05, 4.69) is 17.1 Å². The van der Waals surface area contributed by atoms with Crippen LogP contribution in [0.1, 0.15) is 35.7 Å². The highest BCUT2D eigenvalue weighted by Gasteiger charge is 2.21. The fourth-order valence-corrected chi connectivity index (χ4v) is 2.62. The van der Waals surface area contributed by atoms with Gasteiger partial charge in [0.2, 0.25) is 0 Å². The largest absolute Gasteiger partial charge is 0.478 e. The molecule has 0 radical (unpaired) electrons. The molecule has 0 aromatic heterocycles. The molecule has 1 aliphatic heterocycles. The molecule has 1 atom stereocenters. The molecule has 1 saturated heterocycles. The first kappa shape index (κ1) is 14.0. The van der Waals surface area contributed by atoms with Gasteiger partial charge in [0, 0.05) is 32.2 Å². The molecule has 1 aromatic carbocycles. The number of piperazine rings is 1. The van der Waals surface area contributed by atoms with Crippen LogP contribution in [-0.2, 0) is 6.54 Å². The smallest absolute Gasteiger partial charge is 0.335 e. The van der Waals surface area contributed by atoms with Crippen molar-refractivity contribution >= 4 is 5.97 Å². The summed E-state index contributed by atoms with van der Waals surface area (Å²) in [6, 6.07) is 7.82. The highest BCUT2D eigenvalue weighted by molar-refractivity contribution is 5.87. The fraction of sp³-hybridized carbons (Fsp3) is 0.533. The third-order valence-corrected chi connectivity index (χ3v) is 3.68. The van der Waals surface area contributed by atoms with Crippen LogP contribution in [0.2, 0.25) is 0 Å². The predicted octanol–water partition coefficient (Wildman–Crippen LogP) is 1.96. The molecule has 104 valence electrons. The summed E-state index contributed by atoms with van der Waals surface area (Å²) in [5, 5.41) is 12.3. The molecular formula is C15H22N2O2. The van der Waals surface area contributed by atoms with Crippen molar-refractivity contribution in [3.8, 4) is 0 Å². The van der Waals surface area contributed by atoms with Crippen molar-refractivity contribution in [2.45, 2.75) is 32.4 Å². The second-order valence-corrected chi connectivity index (χ2v) is 5.12. The highest BCUT2D eigenvalue weighted by Crippen LogP contribution is 2.14. The second-order valence-electron chi connectivity index (χ2n) is 5.12. The predicted molar refractivity (Wildman–Crippen MR) is 75.4 cm³/mol. The summed E-state index contributed by atoms with van der Waals surface area (Å²) in [4.78, 5) is 13.3. The van der Waals surface area contributed by atoms with E-state index in [1.807, 2.05) is 12.1 Å². The lowest BCUT2D eigenvalue weighted by molar-refractivity contribution is 0.0697. The van der Waals surface area contributed by atoms with Gasteiger partial charge in [0.05, 0.1) is 5.56 Å². The minimum absolute atomic E-state index is 0.356. The Morgan fingerprint density at radius 1 is 1.42 bits per heavy atom. The van der Waals surface area contributed by atoms with Gasteiger partial charge in [-0.15, -0.1) is 0 Å². The Kier molecular flexibility index (Phi) is 4.93. The Morgan fingerprint density at radius 2 is 2.16 bits per heavy atom. The summed E-state index contributed by atoms with van der Waals surface area (Å²) in [5.74, 6) is -0.863. The van der Waals surface area contributed by atoms with Crippen LogP contribution in [0.5, 0.6) is 0 Å². The number of carboxylic acid groups (broad SMARTS) is 1. The average Bonchev–Trinajstić information content (AvgIpc) is 2.42. The van der Waals surface area contributed by atoms with E-state index in [9.17, 15) is 4.79 Å². The molecular weight excluding hydrogens is 240 g/mol. The number of hydrogen-bond acceptors (Lipinski definition) is 3. The van der Waals surface area contributed by atoms with Gasteiger partial charge < -0.3 is 10.4 Å². The maximum atomic E-state index is 10.8. The Morgan fingerprint density at radius 3 is 2.79 bits per heavy atom. The van der Waals surface area contributed by atoms with Gasteiger partial charge in [-0.05, 0) is 24.1 Å². The summed E-state index contributed by atoms with van der Waals surface area (Å²) in [6.45, 7) is 6.28. The molecule has 1 fully saturated rings. The van der Waals surface area contributed by atoms with Gasteiger partial charge in [0.15, 0.2) is 0 Å². The van der Waals surface area contributed by atoms with E-state index in [1.165, 1.54) is 18.4 Å². The van der Waals surface area contributed by atoms with Gasteiger partial charge in [0.25, 0.3) is 0 Å². The summed E-state index contributed by atoms with van der Waals surface area (Å²) >= 11 is 0. The molecule has 1 heterocycles. The van der Waals surface area contributed by atoms with Crippen LogP contribution >= 0.6 is 0 Å². The number of benzene rings is 1. The SMILES string of the molecule is CCC[C@@H]1CNCCN1Cc1ccc(C(=O)O)cc1. The van der Waals surface area contributed by atoms with Crippen LogP contribution in [0.4, 0.5) is 0 Å². The summed E-state index contributed by atoms with van der Waals surface area (Å²) in [5.41, 5.74) is 1.54. The van der Waals surface area contributed by atoms with Gasteiger partial charge in [-0.25, -0.2) is 4.79 Å². The van der Waals surface area contributed by atoms with Crippen LogP contribution in [0.3, 0.4) is 0 Å². The zero-order chi connectivity index (χ0) is 13.7. The molecule has 2 rings (SSSR count). The highest BCUT2D eigenvalue weighted by atomic mass is 16.4. The first-order valence-electron chi connectivity index (χ1n) is 6.97. The van der Waals surface area contributed by atoms with E-state index in [1.54, 1.807) is 12.1 Å². The number of carboxylic acids is 1. The molecule has 0 unspecified atom stereocenters. The number of hydrogen-bond donors (Lipinski definition) is 2. The minimum Gasteiger partial charge on any atom is -0.478 e. The normalized spacial score (nSPS) is 20.4. The van der Waals surface area contributed by atoms with Crippen molar-refractivity contribution in [2.24, 2.45) is 0 Å². The fourth-order valence-electron chi connectivity index (χ4n) is 2.62. The zero-order valence-electron chi connectivity index (χ0n) is 11.4. The Bertz CT molecular complexity index is 415. The lowest BCUT2D eigenvalue weighted by atomic mass is 10.1. The molecule has 1 aliphatic rings. The van der Waals surface area contributed by atoms with Gasteiger partial charge in [-0.3, -0.25) is 4.90 Å². The minimum atomic E-state index is -0.863. The summed E-state index contributed by atoms with van der Waals surface area (Å²) in [6.07, 6.45) is 2.40. The molecule has 2 N–H and O–H groups in total. The van der Waals surface area contributed by atoms with E-state index in [4.69, 9.17) is 5.11 Å². The lowest BCUT2D eigenvalue weighted by Crippen LogP contribution is -2.50. The molecule has 0 amide bonds. The van der Waals surface area contributed by atoms with Crippen LogP contribution in [-0.4, -0.2) is 41.7 Å². The molecule has 1 aromatic rings. The third kappa shape index (κ3) is 3.78. The molecule has 0 bridgehead atoms. The topological polar surface area (TPSA) is 52.6 Å². The standard InChI is InChI=1S/C15H22N2O2/c1-2-3-14-10-16-8-9-17(14)11-12-4-6-13(7-5-12)15(18)19/h4-7,14,16H,2-3,8-11H2,1H3,(H,18,19)/t14-/m1/s1. The van der Waals surface area contributed by atoms with Crippen LogP contribution in [0, 0.1) is 0 Å². The Hall–Kier alpha value is -1.39. The van der Waals surface area contributed by atoms with Gasteiger partial charge in [-0.1, -0.05) is 25.5 Å². The molecule has 0 saturated carbocycles. The number of nitrogens with zero attached hydrogens (tertiary/aromatic N) is 1. The Labute approximate surface area is 114 Å². The molecule has 0 aliphatic carbocycles. The number of carbonyl (C=O) groups is 1. The first-order valence-corrected chi connectivity index (χ1v) is 6.97. The molecule has 4 heteroatoms. The Balaban J connectivity index is 2.00. The summed E-state index contributed by atoms with van der Waals surface area (Å²) < 4.78 is 0. The van der Waals surface area contributed by atoms with Gasteiger partial charge >= 0.3 is 5.97 Å². The second kappa shape index (κ2) is 6.68. The van der Waals surface area contributed by atoms with Crippen molar-refractivity contribution in [1.82, 2.24) is 10.2 Å². The van der Waals surface area contributed by atoms with Crippen molar-refractivity contribution in [2.75, 3.05) is 19.6 Å². The maximum absolute atomic E-state index is 10.8. The van der Waals surface area contributed by atoms with Gasteiger partial charge in [0.1, 0.15) is 0 Å². The van der Waals surface area contributed by atoms with E-state index in [0.29, 0.717) is 11.6 Å². The maximum Gasteiger partial charge on any atom is 0.335 e. The third-order valence-electron chi connectivity index (χ3n) is 3.68. The van der Waals surface area contributed by atoms with Gasteiger partial charge in [-0.2, -0.15) is 0 Å². The lowest BCUT2D eigenvalue weighted by Gasteiger charge is -2.36. The number of nitrogens with one attached hydrogen (secondary N) is 1. The van der Waals surface area contributed by atoms with E-state index >= 15 is 0 Å². The van der Waals surface area contributed by atoms with E-state index in [0.717, 1.165) is 26.2 Å². The van der Waals surface area contributed by atoms with Crippen molar-refractivity contribution in [3.63, 3.8) is 0 Å². The molecule has 0 spiro atoms. The monoisotopic (exact) mass is 262 g/mol. The van der Waals surface area contributed by atoms with E-state index < -0.39 is 5.97 Å². The molecule has 19 heavy (non-hydrogen) atoms. The van der Waals surface area contributed by atoms with Crippen molar-refractivity contribution in [3.05, 3.63) is 35.4 Å². The summed E-state index contributed by atoms with van der Waals surface area (Å²) in [7, 11) is 0. The van der Waals surface area contributed by atoms with Crippen LogP contribution < -0.4 is 5.32 Å². The van der Waals surface area contributed by atoms with Crippen molar-refractivity contribution < 1.29 is 9.90 Å². The average molecular weight is 262 g/mol. The first-order chi connectivity index (χ1) is 9.20.